The first kappa shape index (κ1) is 12.0. The van der Waals surface area contributed by atoms with E-state index in [0.717, 1.165) is 11.8 Å². The van der Waals surface area contributed by atoms with Gasteiger partial charge in [0, 0.05) is 6.04 Å². The van der Waals surface area contributed by atoms with Crippen molar-refractivity contribution in [3.63, 3.8) is 0 Å². The van der Waals surface area contributed by atoms with Crippen molar-refractivity contribution in [1.29, 1.82) is 0 Å². The average Bonchev–Trinajstić information content (AvgIpc) is 2.09. The molecular formula is C11H25N. The SMILES string of the molecule is CCC(CC)C(C)C(CC)NC. The predicted molar refractivity (Wildman–Crippen MR) is 56.4 cm³/mol. The zero-order chi connectivity index (χ0) is 9.56. The predicted octanol–water partition coefficient (Wildman–Crippen LogP) is 3.06. The Morgan fingerprint density at radius 1 is 1.00 bits per heavy atom. The molecule has 0 saturated heterocycles. The number of nitrogens with one attached hydrogen (secondary N) is 1. The van der Waals surface area contributed by atoms with E-state index in [4.69, 9.17) is 0 Å². The Hall–Kier alpha value is -0.0400. The van der Waals surface area contributed by atoms with E-state index in [1.165, 1.54) is 19.3 Å². The lowest BCUT2D eigenvalue weighted by atomic mass is 9.83. The van der Waals surface area contributed by atoms with Crippen molar-refractivity contribution in [3.05, 3.63) is 0 Å². The van der Waals surface area contributed by atoms with Crippen molar-refractivity contribution < 1.29 is 0 Å². The first-order valence-corrected chi connectivity index (χ1v) is 5.38. The molecule has 0 aromatic rings. The molecule has 2 atom stereocenters. The lowest BCUT2D eigenvalue weighted by molar-refractivity contribution is 0.258. The third-order valence-corrected chi connectivity index (χ3v) is 3.24. The molecular weight excluding hydrogens is 146 g/mol. The topological polar surface area (TPSA) is 12.0 Å². The molecule has 0 aromatic carbocycles. The van der Waals surface area contributed by atoms with Gasteiger partial charge in [0.2, 0.25) is 0 Å². The minimum Gasteiger partial charge on any atom is -0.317 e. The second-order valence-electron chi connectivity index (χ2n) is 3.74. The van der Waals surface area contributed by atoms with Crippen LogP contribution in [0.2, 0.25) is 0 Å². The van der Waals surface area contributed by atoms with E-state index < -0.39 is 0 Å². The molecule has 1 N–H and O–H groups in total. The molecule has 74 valence electrons. The molecule has 0 aliphatic heterocycles. The van der Waals surface area contributed by atoms with Gasteiger partial charge in [0.05, 0.1) is 0 Å². The maximum Gasteiger partial charge on any atom is 0.00897 e. The summed E-state index contributed by atoms with van der Waals surface area (Å²) >= 11 is 0. The molecule has 0 aliphatic carbocycles. The molecule has 0 rings (SSSR count). The average molecular weight is 171 g/mol. The molecule has 0 bridgehead atoms. The summed E-state index contributed by atoms with van der Waals surface area (Å²) in [7, 11) is 2.08. The molecule has 0 heterocycles. The van der Waals surface area contributed by atoms with Crippen LogP contribution in [0.25, 0.3) is 0 Å². The maximum absolute atomic E-state index is 3.40. The third-order valence-electron chi connectivity index (χ3n) is 3.24. The Morgan fingerprint density at radius 3 is 1.75 bits per heavy atom. The summed E-state index contributed by atoms with van der Waals surface area (Å²) in [5, 5.41) is 3.40. The molecule has 0 spiro atoms. The molecule has 1 heteroatoms. The molecule has 2 unspecified atom stereocenters. The van der Waals surface area contributed by atoms with Gasteiger partial charge in [-0.25, -0.2) is 0 Å². The van der Waals surface area contributed by atoms with Crippen molar-refractivity contribution in [3.8, 4) is 0 Å². The lowest BCUT2D eigenvalue weighted by Crippen LogP contribution is -2.35. The van der Waals surface area contributed by atoms with E-state index in [-0.39, 0.29) is 0 Å². The highest BCUT2D eigenvalue weighted by Gasteiger charge is 2.20. The molecule has 0 amide bonds. The molecule has 0 aromatic heterocycles. The van der Waals surface area contributed by atoms with E-state index >= 15 is 0 Å². The monoisotopic (exact) mass is 171 g/mol. The summed E-state index contributed by atoms with van der Waals surface area (Å²) in [6.07, 6.45) is 3.87. The van der Waals surface area contributed by atoms with E-state index in [2.05, 4.69) is 40.1 Å². The Morgan fingerprint density at radius 2 is 1.50 bits per heavy atom. The highest BCUT2D eigenvalue weighted by Crippen LogP contribution is 2.23. The van der Waals surface area contributed by atoms with Crippen molar-refractivity contribution in [2.24, 2.45) is 11.8 Å². The quantitative estimate of drug-likeness (QED) is 0.647. The Bertz CT molecular complexity index is 81.2. The fourth-order valence-corrected chi connectivity index (χ4v) is 2.20. The van der Waals surface area contributed by atoms with Gasteiger partial charge in [0.1, 0.15) is 0 Å². The van der Waals surface area contributed by atoms with Crippen LogP contribution in [0.5, 0.6) is 0 Å². The van der Waals surface area contributed by atoms with Crippen LogP contribution in [-0.2, 0) is 0 Å². The standard InChI is InChI=1S/C11H25N/c1-6-10(7-2)9(4)11(8-3)12-5/h9-12H,6-8H2,1-5H3. The van der Waals surface area contributed by atoms with Gasteiger partial charge in [0.15, 0.2) is 0 Å². The number of hydrogen-bond donors (Lipinski definition) is 1. The summed E-state index contributed by atoms with van der Waals surface area (Å²) in [6, 6.07) is 0.704. The van der Waals surface area contributed by atoms with Crippen LogP contribution >= 0.6 is 0 Å². The highest BCUT2D eigenvalue weighted by atomic mass is 14.9. The van der Waals surface area contributed by atoms with Crippen LogP contribution < -0.4 is 5.32 Å². The van der Waals surface area contributed by atoms with Crippen molar-refractivity contribution >= 4 is 0 Å². The van der Waals surface area contributed by atoms with E-state index in [1.807, 2.05) is 0 Å². The molecule has 0 aliphatic rings. The second kappa shape index (κ2) is 6.47. The van der Waals surface area contributed by atoms with Crippen molar-refractivity contribution in [2.45, 2.75) is 53.0 Å². The largest absolute Gasteiger partial charge is 0.317 e. The van der Waals surface area contributed by atoms with Crippen LogP contribution in [0.1, 0.15) is 47.0 Å². The highest BCUT2D eigenvalue weighted by molar-refractivity contribution is 4.75. The Balaban J connectivity index is 4.02. The van der Waals surface area contributed by atoms with E-state index in [0.29, 0.717) is 6.04 Å². The lowest BCUT2D eigenvalue weighted by Gasteiger charge is -2.28. The van der Waals surface area contributed by atoms with Crippen LogP contribution in [0, 0.1) is 11.8 Å². The van der Waals surface area contributed by atoms with Gasteiger partial charge in [-0.3, -0.25) is 0 Å². The molecule has 1 nitrogen and oxygen atoms in total. The zero-order valence-corrected chi connectivity index (χ0v) is 9.35. The Labute approximate surface area is 77.9 Å². The van der Waals surface area contributed by atoms with Crippen molar-refractivity contribution in [2.75, 3.05) is 7.05 Å². The van der Waals surface area contributed by atoms with Gasteiger partial charge in [-0.15, -0.1) is 0 Å². The summed E-state index contributed by atoms with van der Waals surface area (Å²) in [4.78, 5) is 0. The number of hydrogen-bond acceptors (Lipinski definition) is 1. The van der Waals surface area contributed by atoms with Crippen LogP contribution in [0.15, 0.2) is 0 Å². The van der Waals surface area contributed by atoms with Gasteiger partial charge < -0.3 is 5.32 Å². The summed E-state index contributed by atoms with van der Waals surface area (Å²) in [5.74, 6) is 1.71. The van der Waals surface area contributed by atoms with E-state index in [9.17, 15) is 0 Å². The fraction of sp³-hybridized carbons (Fsp3) is 1.00. The fourth-order valence-electron chi connectivity index (χ4n) is 2.20. The second-order valence-corrected chi connectivity index (χ2v) is 3.74. The molecule has 0 fully saturated rings. The molecule has 0 radical (unpaired) electrons. The minimum atomic E-state index is 0.704. The van der Waals surface area contributed by atoms with Gasteiger partial charge in [0.25, 0.3) is 0 Å². The van der Waals surface area contributed by atoms with Gasteiger partial charge in [-0.05, 0) is 25.3 Å². The van der Waals surface area contributed by atoms with Gasteiger partial charge >= 0.3 is 0 Å². The van der Waals surface area contributed by atoms with Crippen LogP contribution in [-0.4, -0.2) is 13.1 Å². The maximum atomic E-state index is 3.40. The minimum absolute atomic E-state index is 0.704. The molecule has 0 saturated carbocycles. The third kappa shape index (κ3) is 3.14. The zero-order valence-electron chi connectivity index (χ0n) is 9.35. The van der Waals surface area contributed by atoms with Gasteiger partial charge in [-0.2, -0.15) is 0 Å². The van der Waals surface area contributed by atoms with Crippen LogP contribution in [0.3, 0.4) is 0 Å². The normalized spacial score (nSPS) is 16.5. The first-order valence-electron chi connectivity index (χ1n) is 5.38. The first-order chi connectivity index (χ1) is 5.71. The van der Waals surface area contributed by atoms with Gasteiger partial charge in [-0.1, -0.05) is 40.5 Å². The summed E-state index contributed by atoms with van der Waals surface area (Å²) in [6.45, 7) is 9.24. The number of rotatable bonds is 6. The van der Waals surface area contributed by atoms with E-state index in [1.54, 1.807) is 0 Å². The Kier molecular flexibility index (Phi) is 6.45. The summed E-state index contributed by atoms with van der Waals surface area (Å²) < 4.78 is 0. The van der Waals surface area contributed by atoms with Crippen LogP contribution in [0.4, 0.5) is 0 Å². The molecule has 12 heavy (non-hydrogen) atoms. The van der Waals surface area contributed by atoms with Crippen molar-refractivity contribution in [1.82, 2.24) is 5.32 Å². The smallest absolute Gasteiger partial charge is 0.00897 e. The summed E-state index contributed by atoms with van der Waals surface area (Å²) in [5.41, 5.74) is 0.